The van der Waals surface area contributed by atoms with E-state index in [1.54, 1.807) is 0 Å². The summed E-state index contributed by atoms with van der Waals surface area (Å²) in [6.07, 6.45) is 0. The summed E-state index contributed by atoms with van der Waals surface area (Å²) in [6.45, 7) is 2.94. The van der Waals surface area contributed by atoms with E-state index >= 15 is 0 Å². The average Bonchev–Trinajstić information content (AvgIpc) is 2.73. The van der Waals surface area contributed by atoms with Crippen molar-refractivity contribution >= 4 is 16.0 Å². The Morgan fingerprint density at radius 2 is 1.90 bits per heavy atom. The Morgan fingerprint density at radius 1 is 1.33 bits per heavy atom. The zero-order valence-corrected chi connectivity index (χ0v) is 12.4. The number of carbonyl (C=O) groups is 1. The lowest BCUT2D eigenvalue weighted by Gasteiger charge is -2.18. The van der Waals surface area contributed by atoms with Gasteiger partial charge in [-0.1, -0.05) is 0 Å². The first-order chi connectivity index (χ1) is 9.72. The molecule has 0 aliphatic carbocycles. The van der Waals surface area contributed by atoms with Gasteiger partial charge in [0.15, 0.2) is 0 Å². The number of rotatable bonds is 4. The predicted octanol–water partition coefficient (Wildman–Crippen LogP) is 0.820. The van der Waals surface area contributed by atoms with Crippen molar-refractivity contribution in [2.24, 2.45) is 5.92 Å². The first-order valence-corrected chi connectivity index (χ1v) is 7.80. The molecule has 2 N–H and O–H groups in total. The van der Waals surface area contributed by atoms with Crippen molar-refractivity contribution in [3.05, 3.63) is 29.1 Å². The fourth-order valence-corrected chi connectivity index (χ4v) is 4.21. The molecule has 0 spiro atoms. The summed E-state index contributed by atoms with van der Waals surface area (Å²) in [6, 6.07) is 1.42. The van der Waals surface area contributed by atoms with Gasteiger partial charge in [0.05, 0.1) is 30.1 Å². The second-order valence-corrected chi connectivity index (χ2v) is 6.73. The molecule has 8 heteroatoms. The topological polar surface area (TPSA) is 92.7 Å². The number of carboxylic acid groups (broad SMARTS) is 1. The van der Waals surface area contributed by atoms with Crippen LogP contribution >= 0.6 is 0 Å². The third-order valence-electron chi connectivity index (χ3n) is 3.40. The van der Waals surface area contributed by atoms with Crippen molar-refractivity contribution in [3.63, 3.8) is 0 Å². The van der Waals surface area contributed by atoms with E-state index in [1.807, 2.05) is 0 Å². The van der Waals surface area contributed by atoms with Crippen LogP contribution in [0, 0.1) is 25.6 Å². The molecule has 2 atom stereocenters. The molecule has 0 saturated carbocycles. The van der Waals surface area contributed by atoms with Gasteiger partial charge < -0.3 is 9.84 Å². The molecular weight excluding hydrogens is 301 g/mol. The minimum atomic E-state index is -3.95. The van der Waals surface area contributed by atoms with Crippen LogP contribution in [0.3, 0.4) is 0 Å². The quantitative estimate of drug-likeness (QED) is 0.858. The predicted molar refractivity (Wildman–Crippen MR) is 71.9 cm³/mol. The number of hydrogen-bond donors (Lipinski definition) is 2. The minimum absolute atomic E-state index is 0.00448. The largest absolute Gasteiger partial charge is 0.481 e. The van der Waals surface area contributed by atoms with Crippen LogP contribution in [0.2, 0.25) is 0 Å². The van der Waals surface area contributed by atoms with E-state index in [4.69, 9.17) is 9.84 Å². The minimum Gasteiger partial charge on any atom is -0.481 e. The number of carboxylic acids is 1. The summed E-state index contributed by atoms with van der Waals surface area (Å²) in [4.78, 5) is 11.0. The lowest BCUT2D eigenvalue weighted by molar-refractivity contribution is -0.142. The number of ether oxygens (including phenoxy) is 1. The standard InChI is InChI=1S/C13H16FNO5S/c1-7-3-9(14)4-8(2)12(7)21(18,19)15-11-6-20-5-10(11)13(16)17/h3-4,10-11,15H,5-6H2,1-2H3,(H,16,17). The zero-order chi connectivity index (χ0) is 15.8. The molecule has 21 heavy (non-hydrogen) atoms. The summed E-state index contributed by atoms with van der Waals surface area (Å²) in [7, 11) is -3.95. The fraction of sp³-hybridized carbons (Fsp3) is 0.462. The zero-order valence-electron chi connectivity index (χ0n) is 11.6. The van der Waals surface area contributed by atoms with Crippen LogP contribution in [-0.2, 0) is 19.6 Å². The Hall–Kier alpha value is -1.51. The van der Waals surface area contributed by atoms with Crippen molar-refractivity contribution in [1.29, 1.82) is 0 Å². The normalized spacial score (nSPS) is 22.4. The number of sulfonamides is 1. The lowest BCUT2D eigenvalue weighted by atomic mass is 10.1. The van der Waals surface area contributed by atoms with E-state index in [2.05, 4.69) is 4.72 Å². The molecule has 1 heterocycles. The lowest BCUT2D eigenvalue weighted by Crippen LogP contribution is -2.43. The molecule has 1 aromatic carbocycles. The monoisotopic (exact) mass is 317 g/mol. The van der Waals surface area contributed by atoms with E-state index in [9.17, 15) is 17.6 Å². The van der Waals surface area contributed by atoms with Crippen LogP contribution in [0.4, 0.5) is 4.39 Å². The molecule has 0 aromatic heterocycles. The highest BCUT2D eigenvalue weighted by Crippen LogP contribution is 2.23. The Labute approximate surface area is 122 Å². The molecule has 116 valence electrons. The highest BCUT2D eigenvalue weighted by atomic mass is 32.2. The molecule has 1 aliphatic heterocycles. The van der Waals surface area contributed by atoms with E-state index in [1.165, 1.54) is 13.8 Å². The number of nitrogens with one attached hydrogen (secondary N) is 1. The molecule has 1 saturated heterocycles. The summed E-state index contributed by atoms with van der Waals surface area (Å²) >= 11 is 0. The molecule has 1 fully saturated rings. The summed E-state index contributed by atoms with van der Waals surface area (Å²) < 4.78 is 45.5. The van der Waals surface area contributed by atoms with Crippen LogP contribution in [0.25, 0.3) is 0 Å². The van der Waals surface area contributed by atoms with Crippen molar-refractivity contribution < 1.29 is 27.4 Å². The molecule has 1 aliphatic rings. The second kappa shape index (κ2) is 5.70. The number of aryl methyl sites for hydroxylation is 2. The number of benzene rings is 1. The Balaban J connectivity index is 2.33. The highest BCUT2D eigenvalue weighted by Gasteiger charge is 2.37. The van der Waals surface area contributed by atoms with E-state index in [0.717, 1.165) is 12.1 Å². The number of aliphatic carboxylic acids is 1. The summed E-state index contributed by atoms with van der Waals surface area (Å²) in [5.74, 6) is -2.56. The molecule has 0 bridgehead atoms. The molecular formula is C13H16FNO5S. The molecule has 0 radical (unpaired) electrons. The Morgan fingerprint density at radius 3 is 2.43 bits per heavy atom. The van der Waals surface area contributed by atoms with Gasteiger partial charge in [0, 0.05) is 0 Å². The third kappa shape index (κ3) is 3.22. The van der Waals surface area contributed by atoms with Gasteiger partial charge in [-0.25, -0.2) is 17.5 Å². The van der Waals surface area contributed by atoms with Gasteiger partial charge >= 0.3 is 5.97 Å². The van der Waals surface area contributed by atoms with Gasteiger partial charge in [0.2, 0.25) is 10.0 Å². The molecule has 0 amide bonds. The SMILES string of the molecule is Cc1cc(F)cc(C)c1S(=O)(=O)NC1COCC1C(=O)O. The maximum atomic E-state index is 13.3. The maximum absolute atomic E-state index is 13.3. The smallest absolute Gasteiger partial charge is 0.310 e. The molecule has 1 aromatic rings. The molecule has 2 unspecified atom stereocenters. The van der Waals surface area contributed by atoms with E-state index in [0.29, 0.717) is 0 Å². The first kappa shape index (κ1) is 15.9. The molecule has 2 rings (SSSR count). The maximum Gasteiger partial charge on any atom is 0.310 e. The van der Waals surface area contributed by atoms with Gasteiger partial charge in [0.1, 0.15) is 5.82 Å². The third-order valence-corrected chi connectivity index (χ3v) is 5.19. The second-order valence-electron chi connectivity index (χ2n) is 5.08. The highest BCUT2D eigenvalue weighted by molar-refractivity contribution is 7.89. The number of halogens is 1. The number of hydrogen-bond acceptors (Lipinski definition) is 4. The van der Waals surface area contributed by atoms with Crippen LogP contribution in [0.1, 0.15) is 11.1 Å². The van der Waals surface area contributed by atoms with Crippen molar-refractivity contribution in [1.82, 2.24) is 4.72 Å². The molecule has 6 nitrogen and oxygen atoms in total. The van der Waals surface area contributed by atoms with Crippen LogP contribution in [0.15, 0.2) is 17.0 Å². The van der Waals surface area contributed by atoms with Gasteiger partial charge in [0.25, 0.3) is 0 Å². The first-order valence-electron chi connectivity index (χ1n) is 6.32. The van der Waals surface area contributed by atoms with Crippen LogP contribution < -0.4 is 4.72 Å². The van der Waals surface area contributed by atoms with Gasteiger partial charge in [-0.05, 0) is 37.1 Å². The van der Waals surface area contributed by atoms with Crippen LogP contribution in [-0.4, -0.2) is 38.7 Å². The fourth-order valence-electron chi connectivity index (χ4n) is 2.49. The van der Waals surface area contributed by atoms with E-state index in [-0.39, 0.29) is 29.2 Å². The van der Waals surface area contributed by atoms with Crippen molar-refractivity contribution in [2.75, 3.05) is 13.2 Å². The van der Waals surface area contributed by atoms with Crippen LogP contribution in [0.5, 0.6) is 0 Å². The Bertz CT molecular complexity index is 650. The van der Waals surface area contributed by atoms with Gasteiger partial charge in [-0.2, -0.15) is 0 Å². The summed E-state index contributed by atoms with van der Waals surface area (Å²) in [5.41, 5.74) is 0.539. The Kier molecular flexibility index (Phi) is 4.31. The van der Waals surface area contributed by atoms with E-state index < -0.39 is 33.8 Å². The van der Waals surface area contributed by atoms with Gasteiger partial charge in [-0.15, -0.1) is 0 Å². The van der Waals surface area contributed by atoms with Crippen molar-refractivity contribution in [3.8, 4) is 0 Å². The average molecular weight is 317 g/mol. The van der Waals surface area contributed by atoms with Crippen molar-refractivity contribution in [2.45, 2.75) is 24.8 Å². The van der Waals surface area contributed by atoms with Gasteiger partial charge in [-0.3, -0.25) is 4.79 Å². The summed E-state index contributed by atoms with van der Waals surface area (Å²) in [5, 5.41) is 9.03.